The van der Waals surface area contributed by atoms with Crippen molar-refractivity contribution in [3.8, 4) is 0 Å². The predicted octanol–water partition coefficient (Wildman–Crippen LogP) is 4.42. The summed E-state index contributed by atoms with van der Waals surface area (Å²) in [6.07, 6.45) is 0.128. The van der Waals surface area contributed by atoms with Gasteiger partial charge in [-0.3, -0.25) is 4.79 Å². The van der Waals surface area contributed by atoms with Crippen molar-refractivity contribution < 1.29 is 18.0 Å². The molecule has 6 heteroatoms. The maximum Gasteiger partial charge on any atom is 0.446 e. The second-order valence-electron chi connectivity index (χ2n) is 3.34. The summed E-state index contributed by atoms with van der Waals surface area (Å²) in [5.74, 6) is -0.0725. The first-order valence-corrected chi connectivity index (χ1v) is 6.15. The number of alkyl halides is 4. The van der Waals surface area contributed by atoms with Gasteiger partial charge in [0.25, 0.3) is 0 Å². The van der Waals surface area contributed by atoms with E-state index in [2.05, 4.69) is 0 Å². The first kappa shape index (κ1) is 14.4. The quantitative estimate of drug-likeness (QED) is 0.462. The molecule has 0 N–H and O–H groups in total. The molecule has 1 aromatic carbocycles. The molecule has 0 radical (unpaired) electrons. The molecule has 1 rings (SSSR count). The third-order valence-corrected chi connectivity index (χ3v) is 3.21. The van der Waals surface area contributed by atoms with Crippen LogP contribution >= 0.6 is 23.4 Å². The lowest BCUT2D eigenvalue weighted by Gasteiger charge is -2.11. The fourth-order valence-corrected chi connectivity index (χ4v) is 2.20. The molecule has 17 heavy (non-hydrogen) atoms. The van der Waals surface area contributed by atoms with Crippen LogP contribution in [0.1, 0.15) is 22.3 Å². The molecule has 0 aliphatic heterocycles. The van der Waals surface area contributed by atoms with E-state index in [4.69, 9.17) is 11.6 Å². The Morgan fingerprint density at radius 3 is 2.59 bits per heavy atom. The van der Waals surface area contributed by atoms with Crippen LogP contribution in [0.2, 0.25) is 0 Å². The summed E-state index contributed by atoms with van der Waals surface area (Å²) in [5, 5.41) is 0. The summed E-state index contributed by atoms with van der Waals surface area (Å²) < 4.78 is 36.8. The van der Waals surface area contributed by atoms with Gasteiger partial charge < -0.3 is 0 Å². The van der Waals surface area contributed by atoms with E-state index in [1.54, 1.807) is 0 Å². The molecule has 94 valence electrons. The third-order valence-electron chi connectivity index (χ3n) is 2.13. The van der Waals surface area contributed by atoms with Gasteiger partial charge in [0.2, 0.25) is 0 Å². The number of carbonyl (C=O) groups is 1. The van der Waals surface area contributed by atoms with Crippen LogP contribution in [0.25, 0.3) is 0 Å². The largest absolute Gasteiger partial charge is 0.446 e. The normalized spacial score (nSPS) is 11.6. The summed E-state index contributed by atoms with van der Waals surface area (Å²) >= 11 is 5.23. The van der Waals surface area contributed by atoms with Gasteiger partial charge in [0.05, 0.1) is 0 Å². The van der Waals surface area contributed by atoms with Gasteiger partial charge in [-0.15, -0.1) is 11.6 Å². The van der Waals surface area contributed by atoms with Crippen LogP contribution in [0.5, 0.6) is 0 Å². The average Bonchev–Trinajstić information content (AvgIpc) is 2.19. The molecule has 0 unspecified atom stereocenters. The van der Waals surface area contributed by atoms with Gasteiger partial charge in [-0.1, -0.05) is 12.1 Å². The highest BCUT2D eigenvalue weighted by molar-refractivity contribution is 8.00. The summed E-state index contributed by atoms with van der Waals surface area (Å²) in [5.41, 5.74) is -3.69. The van der Waals surface area contributed by atoms with Crippen molar-refractivity contribution in [1.29, 1.82) is 0 Å². The summed E-state index contributed by atoms with van der Waals surface area (Å²) in [4.78, 5) is 11.7. The van der Waals surface area contributed by atoms with Gasteiger partial charge in [-0.25, -0.2) is 0 Å². The molecule has 0 heterocycles. The van der Waals surface area contributed by atoms with Crippen LogP contribution in [0, 0.1) is 6.92 Å². The van der Waals surface area contributed by atoms with E-state index in [-0.39, 0.29) is 34.7 Å². The second kappa shape index (κ2) is 5.78. The smallest absolute Gasteiger partial charge is 0.294 e. The number of carbonyl (C=O) groups excluding carboxylic acids is 1. The highest BCUT2D eigenvalue weighted by Gasteiger charge is 2.30. The molecule has 0 aliphatic rings. The Balaban J connectivity index is 3.03. The zero-order chi connectivity index (χ0) is 13.1. The summed E-state index contributed by atoms with van der Waals surface area (Å²) in [7, 11) is 0. The van der Waals surface area contributed by atoms with Crippen LogP contribution in [-0.4, -0.2) is 17.2 Å². The lowest BCUT2D eigenvalue weighted by Crippen LogP contribution is -2.05. The number of rotatable bonds is 4. The van der Waals surface area contributed by atoms with Crippen LogP contribution in [-0.2, 0) is 0 Å². The number of hydrogen-bond acceptors (Lipinski definition) is 2. The Hall–Kier alpha value is -0.680. The average molecular weight is 283 g/mol. The van der Waals surface area contributed by atoms with E-state index in [0.717, 1.165) is 0 Å². The zero-order valence-electron chi connectivity index (χ0n) is 8.97. The minimum absolute atomic E-state index is 0.0536. The Bertz CT molecular complexity index is 418. The Morgan fingerprint density at radius 1 is 1.41 bits per heavy atom. The second-order valence-corrected chi connectivity index (χ2v) is 4.82. The van der Waals surface area contributed by atoms with Gasteiger partial charge in [0, 0.05) is 22.8 Å². The molecule has 0 saturated heterocycles. The van der Waals surface area contributed by atoms with Crippen molar-refractivity contribution in [2.75, 3.05) is 5.88 Å². The van der Waals surface area contributed by atoms with Gasteiger partial charge in [-0.2, -0.15) is 13.2 Å². The van der Waals surface area contributed by atoms with Crippen molar-refractivity contribution in [1.82, 2.24) is 0 Å². The highest BCUT2D eigenvalue weighted by Crippen LogP contribution is 2.39. The molecule has 0 amide bonds. The lowest BCUT2D eigenvalue weighted by atomic mass is 10.0. The number of Topliss-reactive ketones (excluding diaryl/α,β-unsaturated/α-hetero) is 1. The minimum Gasteiger partial charge on any atom is -0.294 e. The van der Waals surface area contributed by atoms with Crippen molar-refractivity contribution in [3.63, 3.8) is 0 Å². The van der Waals surface area contributed by atoms with Gasteiger partial charge >= 0.3 is 5.51 Å². The molecule has 0 spiro atoms. The predicted molar refractivity (Wildman–Crippen MR) is 62.8 cm³/mol. The third kappa shape index (κ3) is 4.24. The first-order valence-electron chi connectivity index (χ1n) is 4.79. The molecule has 0 fully saturated rings. The Morgan fingerprint density at radius 2 is 2.06 bits per heavy atom. The zero-order valence-corrected chi connectivity index (χ0v) is 10.5. The van der Waals surface area contributed by atoms with Crippen molar-refractivity contribution in [2.45, 2.75) is 23.7 Å². The molecular formula is C11H10ClF3OS. The number of halogens is 4. The van der Waals surface area contributed by atoms with E-state index >= 15 is 0 Å². The topological polar surface area (TPSA) is 17.1 Å². The molecule has 0 atom stereocenters. The van der Waals surface area contributed by atoms with Gasteiger partial charge in [0.15, 0.2) is 5.78 Å². The van der Waals surface area contributed by atoms with Crippen molar-refractivity contribution in [2.24, 2.45) is 0 Å². The molecule has 0 aromatic heterocycles. The number of ketones is 1. The standard InChI is InChI=1S/C11H10ClF3OS/c1-7-8(9(16)5-6-12)3-2-4-10(7)17-11(13,14)15/h2-4H,5-6H2,1H3. The maximum absolute atomic E-state index is 12.3. The highest BCUT2D eigenvalue weighted by atomic mass is 35.5. The number of benzene rings is 1. The van der Waals surface area contributed by atoms with Gasteiger partial charge in [0.1, 0.15) is 0 Å². The molecule has 1 aromatic rings. The van der Waals surface area contributed by atoms with Crippen LogP contribution < -0.4 is 0 Å². The van der Waals surface area contributed by atoms with E-state index in [1.807, 2.05) is 0 Å². The molecule has 0 bridgehead atoms. The SMILES string of the molecule is Cc1c(SC(F)(F)F)cccc1C(=O)CCCl. The summed E-state index contributed by atoms with van der Waals surface area (Å²) in [6, 6.07) is 4.32. The number of hydrogen-bond donors (Lipinski definition) is 0. The minimum atomic E-state index is -4.35. The van der Waals surface area contributed by atoms with E-state index in [1.165, 1.54) is 25.1 Å². The van der Waals surface area contributed by atoms with Crippen LogP contribution in [0.15, 0.2) is 23.1 Å². The molecular weight excluding hydrogens is 273 g/mol. The fourth-order valence-electron chi connectivity index (χ4n) is 1.37. The van der Waals surface area contributed by atoms with E-state index < -0.39 is 5.51 Å². The molecule has 0 saturated carbocycles. The van der Waals surface area contributed by atoms with Crippen LogP contribution in [0.3, 0.4) is 0 Å². The Labute approximate surface area is 106 Å². The van der Waals surface area contributed by atoms with E-state index in [0.29, 0.717) is 11.1 Å². The van der Waals surface area contributed by atoms with Crippen molar-refractivity contribution >= 4 is 29.1 Å². The molecule has 0 aliphatic carbocycles. The maximum atomic E-state index is 12.3. The first-order chi connectivity index (χ1) is 7.85. The van der Waals surface area contributed by atoms with Crippen LogP contribution in [0.4, 0.5) is 13.2 Å². The summed E-state index contributed by atoms with van der Waals surface area (Å²) in [6.45, 7) is 1.51. The lowest BCUT2D eigenvalue weighted by molar-refractivity contribution is -0.0328. The monoisotopic (exact) mass is 282 g/mol. The van der Waals surface area contributed by atoms with Gasteiger partial charge in [-0.05, 0) is 30.3 Å². The molecule has 1 nitrogen and oxygen atoms in total. The fraction of sp³-hybridized carbons (Fsp3) is 0.364. The van der Waals surface area contributed by atoms with E-state index in [9.17, 15) is 18.0 Å². The number of thioether (sulfide) groups is 1. The Kier molecular flexibility index (Phi) is 4.89. The van der Waals surface area contributed by atoms with Crippen molar-refractivity contribution in [3.05, 3.63) is 29.3 Å².